The van der Waals surface area contributed by atoms with E-state index in [-0.39, 0.29) is 16.2 Å². The minimum atomic E-state index is -1.36. The number of hydrogen-bond acceptors (Lipinski definition) is 7. The van der Waals surface area contributed by atoms with Crippen molar-refractivity contribution >= 4 is 35.8 Å². The van der Waals surface area contributed by atoms with Crippen molar-refractivity contribution in [2.75, 3.05) is 13.3 Å². The van der Waals surface area contributed by atoms with E-state index in [1.807, 2.05) is 0 Å². The van der Waals surface area contributed by atoms with E-state index in [2.05, 4.69) is 4.74 Å². The van der Waals surface area contributed by atoms with Crippen LogP contribution in [0.2, 0.25) is 5.02 Å². The molecule has 0 spiro atoms. The molecule has 2 rings (SSSR count). The number of benzene rings is 1. The fourth-order valence-electron chi connectivity index (χ4n) is 2.56. The van der Waals surface area contributed by atoms with Crippen LogP contribution >= 0.6 is 23.8 Å². The summed E-state index contributed by atoms with van der Waals surface area (Å²) in [4.78, 5) is 49.5. The molecule has 1 aromatic heterocycles. The lowest BCUT2D eigenvalue weighted by Gasteiger charge is -2.16. The minimum Gasteiger partial charge on any atom is -0.460 e. The molecular formula is C18H18ClF2N3O6S. The number of nitrogens with zero attached hydrogens (tertiary/aromatic N) is 3. The monoisotopic (exact) mass is 477 g/mol. The first kappa shape index (κ1) is 24.4. The zero-order chi connectivity index (χ0) is 23.5. The van der Waals surface area contributed by atoms with Crippen molar-refractivity contribution in [1.82, 2.24) is 13.7 Å². The van der Waals surface area contributed by atoms with E-state index in [9.17, 15) is 28.0 Å². The maximum atomic E-state index is 14.6. The Hall–Kier alpha value is -2.86. The topological polar surface area (TPSA) is 102 Å². The van der Waals surface area contributed by atoms with Crippen molar-refractivity contribution in [3.63, 3.8) is 0 Å². The summed E-state index contributed by atoms with van der Waals surface area (Å²) in [5, 5.41) is -0.382. The molecule has 0 aliphatic heterocycles. The maximum Gasteiger partial charge on any atom is 0.347 e. The fourth-order valence-corrected chi connectivity index (χ4v) is 2.95. The standard InChI is InChI=1S/C18H18ClF2N3O6S/c1-4-13(15(26)29-6-5-20)30-14(25)9-7-12(11(21)8-10(9)19)24-16(27)22(2)18(31)23(3)17(24)28/h7-8,13H,4-6H2,1-3H3. The number of rotatable bonds is 7. The lowest BCUT2D eigenvalue weighted by atomic mass is 10.2. The molecule has 0 aliphatic rings. The first-order chi connectivity index (χ1) is 14.5. The van der Waals surface area contributed by atoms with Crippen LogP contribution in [0.1, 0.15) is 23.7 Å². The van der Waals surface area contributed by atoms with E-state index in [1.165, 1.54) is 21.0 Å². The first-order valence-corrected chi connectivity index (χ1v) is 9.65. The van der Waals surface area contributed by atoms with Crippen molar-refractivity contribution in [3.05, 3.63) is 54.3 Å². The molecule has 0 bridgehead atoms. The van der Waals surface area contributed by atoms with Crippen molar-refractivity contribution in [3.8, 4) is 5.69 Å². The van der Waals surface area contributed by atoms with Gasteiger partial charge in [-0.2, -0.15) is 0 Å². The molecule has 2 aromatic rings. The average Bonchev–Trinajstić information content (AvgIpc) is 2.74. The molecule has 168 valence electrons. The van der Waals surface area contributed by atoms with E-state index in [0.717, 1.165) is 21.3 Å². The van der Waals surface area contributed by atoms with Gasteiger partial charge in [0.1, 0.15) is 19.1 Å². The molecule has 0 N–H and O–H groups in total. The molecule has 0 aliphatic carbocycles. The average molecular weight is 478 g/mol. The predicted molar refractivity (Wildman–Crippen MR) is 108 cm³/mol. The van der Waals surface area contributed by atoms with Crippen molar-refractivity contribution in [2.24, 2.45) is 14.1 Å². The Kier molecular flexibility index (Phi) is 7.85. The van der Waals surface area contributed by atoms with E-state index in [1.54, 1.807) is 0 Å². The normalized spacial score (nSPS) is 11.8. The van der Waals surface area contributed by atoms with Gasteiger partial charge < -0.3 is 9.47 Å². The zero-order valence-electron chi connectivity index (χ0n) is 16.7. The van der Waals surface area contributed by atoms with Gasteiger partial charge in [-0.3, -0.25) is 9.13 Å². The van der Waals surface area contributed by atoms with Gasteiger partial charge in [-0.25, -0.2) is 32.5 Å². The number of carbonyl (C=O) groups excluding carboxylic acids is 2. The van der Waals surface area contributed by atoms with Crippen LogP contribution in [0, 0.1) is 10.6 Å². The number of halogens is 3. The number of hydrogen-bond donors (Lipinski definition) is 0. The molecule has 1 atom stereocenters. The summed E-state index contributed by atoms with van der Waals surface area (Å²) in [5.41, 5.74) is -2.88. The third kappa shape index (κ3) is 4.90. The highest BCUT2D eigenvalue weighted by Gasteiger charge is 2.26. The predicted octanol–water partition coefficient (Wildman–Crippen LogP) is 1.84. The Morgan fingerprint density at radius 3 is 2.29 bits per heavy atom. The molecule has 1 aromatic carbocycles. The van der Waals surface area contributed by atoms with Gasteiger partial charge in [0, 0.05) is 14.1 Å². The van der Waals surface area contributed by atoms with Crippen LogP contribution in [0.4, 0.5) is 8.78 Å². The number of esters is 2. The first-order valence-electron chi connectivity index (χ1n) is 8.87. The molecule has 13 heteroatoms. The number of aromatic nitrogens is 3. The summed E-state index contributed by atoms with van der Waals surface area (Å²) in [5.74, 6) is -3.16. The summed E-state index contributed by atoms with van der Waals surface area (Å²) in [6.45, 7) is 0.107. The summed E-state index contributed by atoms with van der Waals surface area (Å²) in [6, 6.07) is 1.58. The van der Waals surface area contributed by atoms with E-state index in [0.29, 0.717) is 4.57 Å². The highest BCUT2D eigenvalue weighted by atomic mass is 35.5. The van der Waals surface area contributed by atoms with Crippen molar-refractivity contribution < 1.29 is 27.8 Å². The van der Waals surface area contributed by atoms with Crippen molar-refractivity contribution in [2.45, 2.75) is 19.4 Å². The molecule has 0 saturated carbocycles. The third-order valence-corrected chi connectivity index (χ3v) is 5.09. The Morgan fingerprint density at radius 1 is 1.19 bits per heavy atom. The second-order valence-corrected chi connectivity index (χ2v) is 7.02. The quantitative estimate of drug-likeness (QED) is 0.443. The van der Waals surface area contributed by atoms with Gasteiger partial charge in [0.15, 0.2) is 10.9 Å². The fraction of sp³-hybridized carbons (Fsp3) is 0.389. The summed E-state index contributed by atoms with van der Waals surface area (Å²) >= 11 is 10.9. The molecule has 1 heterocycles. The van der Waals surface area contributed by atoms with Crippen LogP contribution in [0.3, 0.4) is 0 Å². The SMILES string of the molecule is CCC(OC(=O)c1cc(-n2c(=O)n(C)c(=S)n(C)c2=O)c(F)cc1Cl)C(=O)OCCF. The molecule has 0 saturated heterocycles. The summed E-state index contributed by atoms with van der Waals surface area (Å²) in [6.07, 6.45) is -1.35. The van der Waals surface area contributed by atoms with Crippen LogP contribution in [-0.4, -0.2) is 45.0 Å². The zero-order valence-corrected chi connectivity index (χ0v) is 18.3. The van der Waals surface area contributed by atoms with E-state index < -0.39 is 59.8 Å². The van der Waals surface area contributed by atoms with Gasteiger partial charge >= 0.3 is 23.3 Å². The summed E-state index contributed by atoms with van der Waals surface area (Å²) < 4.78 is 38.7. The highest BCUT2D eigenvalue weighted by molar-refractivity contribution is 7.71. The van der Waals surface area contributed by atoms with E-state index >= 15 is 0 Å². The minimum absolute atomic E-state index is 0.0126. The lowest BCUT2D eigenvalue weighted by Crippen LogP contribution is -2.44. The Balaban J connectivity index is 2.56. The van der Waals surface area contributed by atoms with Crippen LogP contribution in [0.25, 0.3) is 5.69 Å². The molecule has 9 nitrogen and oxygen atoms in total. The van der Waals surface area contributed by atoms with Gasteiger partial charge in [-0.05, 0) is 30.8 Å². The molecule has 0 fully saturated rings. The van der Waals surface area contributed by atoms with Crippen LogP contribution in [-0.2, 0) is 28.4 Å². The second kappa shape index (κ2) is 9.96. The van der Waals surface area contributed by atoms with Crippen LogP contribution in [0.5, 0.6) is 0 Å². The van der Waals surface area contributed by atoms with Crippen LogP contribution in [0.15, 0.2) is 21.7 Å². The Morgan fingerprint density at radius 2 is 1.77 bits per heavy atom. The van der Waals surface area contributed by atoms with Gasteiger partial charge in [-0.15, -0.1) is 0 Å². The largest absolute Gasteiger partial charge is 0.460 e. The van der Waals surface area contributed by atoms with Crippen LogP contribution < -0.4 is 11.4 Å². The maximum absolute atomic E-state index is 14.6. The molecular weight excluding hydrogens is 460 g/mol. The van der Waals surface area contributed by atoms with E-state index in [4.69, 9.17) is 28.6 Å². The number of ether oxygens (including phenoxy) is 2. The molecule has 0 amide bonds. The molecule has 31 heavy (non-hydrogen) atoms. The Labute approximate surface area is 184 Å². The highest BCUT2D eigenvalue weighted by Crippen LogP contribution is 2.24. The lowest BCUT2D eigenvalue weighted by molar-refractivity contribution is -0.154. The Bertz CT molecular complexity index is 1170. The smallest absolute Gasteiger partial charge is 0.347 e. The van der Waals surface area contributed by atoms with Gasteiger partial charge in [0.2, 0.25) is 0 Å². The van der Waals surface area contributed by atoms with Gasteiger partial charge in [-0.1, -0.05) is 18.5 Å². The molecule has 0 radical (unpaired) electrons. The van der Waals surface area contributed by atoms with Crippen molar-refractivity contribution in [1.29, 1.82) is 0 Å². The van der Waals surface area contributed by atoms with Gasteiger partial charge in [0.25, 0.3) is 0 Å². The number of carbonyl (C=O) groups is 2. The van der Waals surface area contributed by atoms with Gasteiger partial charge in [0.05, 0.1) is 16.3 Å². The molecule has 1 unspecified atom stereocenters. The summed E-state index contributed by atoms with van der Waals surface area (Å²) in [7, 11) is 2.58. The third-order valence-electron chi connectivity index (χ3n) is 4.23. The second-order valence-electron chi connectivity index (χ2n) is 6.24. The number of alkyl halides is 1.